The lowest BCUT2D eigenvalue weighted by molar-refractivity contribution is -0.266. The van der Waals surface area contributed by atoms with Gasteiger partial charge in [0.15, 0.2) is 0 Å². The quantitative estimate of drug-likeness (QED) is 0.553. The van der Waals surface area contributed by atoms with Crippen molar-refractivity contribution in [1.82, 2.24) is 4.90 Å². The van der Waals surface area contributed by atoms with Crippen LogP contribution in [0.5, 0.6) is 0 Å². The van der Waals surface area contributed by atoms with Crippen LogP contribution in [0.2, 0.25) is 0 Å². The molecule has 0 aromatic heterocycles. The van der Waals surface area contributed by atoms with Crippen molar-refractivity contribution in [1.29, 1.82) is 0 Å². The smallest absolute Gasteiger partial charge is 0.136 e. The highest BCUT2D eigenvalue weighted by atomic mass is 16.4. The molecule has 0 spiro atoms. The van der Waals surface area contributed by atoms with Gasteiger partial charge in [-0.15, -0.1) is 0 Å². The first-order valence-electron chi connectivity index (χ1n) is 4.20. The van der Waals surface area contributed by atoms with Gasteiger partial charge < -0.3 is 14.8 Å². The van der Waals surface area contributed by atoms with Crippen LogP contribution in [-0.4, -0.2) is 24.1 Å². The number of amides is 1. The first kappa shape index (κ1) is 8.37. The molecule has 0 aromatic rings. The summed E-state index contributed by atoms with van der Waals surface area (Å²) in [5.74, 6) is 0.727. The van der Waals surface area contributed by atoms with E-state index in [1.165, 1.54) is 11.3 Å². The van der Waals surface area contributed by atoms with E-state index in [1.807, 2.05) is 0 Å². The zero-order valence-corrected chi connectivity index (χ0v) is 6.88. The standard InChI is InChI=1S/C8H15NO2/c1-2-7-3-5-9(6-4-7)8(10)11/h7H,2-6H2,1H3,(H,10,11)/p-1. The molecule has 11 heavy (non-hydrogen) atoms. The van der Waals surface area contributed by atoms with E-state index in [0.717, 1.165) is 18.8 Å². The van der Waals surface area contributed by atoms with Gasteiger partial charge >= 0.3 is 0 Å². The van der Waals surface area contributed by atoms with E-state index in [4.69, 9.17) is 0 Å². The molecule has 0 atom stereocenters. The zero-order chi connectivity index (χ0) is 8.27. The molecule has 0 unspecified atom stereocenters. The van der Waals surface area contributed by atoms with Crippen LogP contribution in [0.3, 0.4) is 0 Å². The Morgan fingerprint density at radius 3 is 2.45 bits per heavy atom. The van der Waals surface area contributed by atoms with Crippen LogP contribution in [0, 0.1) is 5.92 Å². The number of carbonyl (C=O) groups is 1. The zero-order valence-electron chi connectivity index (χ0n) is 6.88. The predicted molar refractivity (Wildman–Crippen MR) is 40.0 cm³/mol. The third-order valence-electron chi connectivity index (χ3n) is 2.45. The van der Waals surface area contributed by atoms with Gasteiger partial charge in [-0.05, 0) is 18.8 Å². The minimum Gasteiger partial charge on any atom is -0.530 e. The Balaban J connectivity index is 2.30. The molecule has 0 N–H and O–H groups in total. The molecule has 1 amide bonds. The Labute approximate surface area is 67.0 Å². The SMILES string of the molecule is CCC1CCN(C(=O)[O-])CC1. The average Bonchev–Trinajstić information content (AvgIpc) is 2.05. The number of carboxylic acid groups (broad SMARTS) is 1. The van der Waals surface area contributed by atoms with Crippen molar-refractivity contribution >= 4 is 6.09 Å². The molecule has 0 aromatic carbocycles. The molecule has 0 saturated carbocycles. The lowest BCUT2D eigenvalue weighted by Crippen LogP contribution is -2.45. The fourth-order valence-corrected chi connectivity index (χ4v) is 1.52. The van der Waals surface area contributed by atoms with Crippen molar-refractivity contribution in [3.8, 4) is 0 Å². The summed E-state index contributed by atoms with van der Waals surface area (Å²) in [6.07, 6.45) is 2.16. The Hall–Kier alpha value is -0.730. The summed E-state index contributed by atoms with van der Waals surface area (Å²) in [5.41, 5.74) is 0. The predicted octanol–water partition coefficient (Wildman–Crippen LogP) is 0.452. The second kappa shape index (κ2) is 3.60. The maximum absolute atomic E-state index is 10.4. The van der Waals surface area contributed by atoms with Gasteiger partial charge in [0, 0.05) is 13.1 Å². The average molecular weight is 156 g/mol. The maximum atomic E-state index is 10.4. The number of likely N-dealkylation sites (tertiary alicyclic amines) is 1. The molecule has 1 rings (SSSR count). The first-order valence-corrected chi connectivity index (χ1v) is 4.20. The molecule has 1 saturated heterocycles. The summed E-state index contributed by atoms with van der Waals surface area (Å²) in [5, 5.41) is 10.4. The molecule has 3 nitrogen and oxygen atoms in total. The van der Waals surface area contributed by atoms with Crippen LogP contribution in [0.25, 0.3) is 0 Å². The molecule has 1 aliphatic heterocycles. The first-order chi connectivity index (χ1) is 5.24. The van der Waals surface area contributed by atoms with Crippen molar-refractivity contribution in [3.05, 3.63) is 0 Å². The maximum Gasteiger partial charge on any atom is 0.136 e. The van der Waals surface area contributed by atoms with Gasteiger partial charge in [0.1, 0.15) is 6.09 Å². The van der Waals surface area contributed by atoms with Crippen molar-refractivity contribution in [3.63, 3.8) is 0 Å². The van der Waals surface area contributed by atoms with Crippen LogP contribution in [-0.2, 0) is 0 Å². The van der Waals surface area contributed by atoms with E-state index in [0.29, 0.717) is 13.1 Å². The molecule has 0 radical (unpaired) electrons. The Morgan fingerprint density at radius 2 is 2.09 bits per heavy atom. The van der Waals surface area contributed by atoms with E-state index >= 15 is 0 Å². The molecular formula is C8H14NO2-. The highest BCUT2D eigenvalue weighted by Gasteiger charge is 2.16. The minimum atomic E-state index is -1.01. The van der Waals surface area contributed by atoms with Crippen LogP contribution in [0.4, 0.5) is 4.79 Å². The third-order valence-corrected chi connectivity index (χ3v) is 2.45. The number of rotatable bonds is 1. The molecule has 64 valence electrons. The highest BCUT2D eigenvalue weighted by Crippen LogP contribution is 2.19. The number of hydrogen-bond donors (Lipinski definition) is 0. The van der Waals surface area contributed by atoms with Gasteiger partial charge in [0.2, 0.25) is 0 Å². The summed E-state index contributed by atoms with van der Waals surface area (Å²) in [6.45, 7) is 3.49. The van der Waals surface area contributed by atoms with Crippen LogP contribution in [0.1, 0.15) is 26.2 Å². The van der Waals surface area contributed by atoms with E-state index in [2.05, 4.69) is 6.92 Å². The second-order valence-electron chi connectivity index (χ2n) is 3.10. The van der Waals surface area contributed by atoms with Gasteiger partial charge in [-0.3, -0.25) is 0 Å². The summed E-state index contributed by atoms with van der Waals surface area (Å²) in [7, 11) is 0. The summed E-state index contributed by atoms with van der Waals surface area (Å²) < 4.78 is 0. The van der Waals surface area contributed by atoms with Gasteiger partial charge in [-0.1, -0.05) is 13.3 Å². The monoisotopic (exact) mass is 156 g/mol. The van der Waals surface area contributed by atoms with Crippen LogP contribution < -0.4 is 5.11 Å². The van der Waals surface area contributed by atoms with Crippen molar-refractivity contribution in [2.24, 2.45) is 5.92 Å². The molecule has 3 heteroatoms. The van der Waals surface area contributed by atoms with Gasteiger partial charge in [-0.25, -0.2) is 0 Å². The second-order valence-corrected chi connectivity index (χ2v) is 3.10. The summed E-state index contributed by atoms with van der Waals surface area (Å²) in [4.78, 5) is 11.8. The number of hydrogen-bond acceptors (Lipinski definition) is 2. The van der Waals surface area contributed by atoms with E-state index in [1.54, 1.807) is 0 Å². The Morgan fingerprint density at radius 1 is 1.55 bits per heavy atom. The van der Waals surface area contributed by atoms with Gasteiger partial charge in [-0.2, -0.15) is 0 Å². The summed E-state index contributed by atoms with van der Waals surface area (Å²) in [6, 6.07) is 0. The Bertz CT molecular complexity index is 139. The summed E-state index contributed by atoms with van der Waals surface area (Å²) >= 11 is 0. The fraction of sp³-hybridized carbons (Fsp3) is 0.875. The van der Waals surface area contributed by atoms with Crippen LogP contribution in [0.15, 0.2) is 0 Å². The number of carbonyl (C=O) groups excluding carboxylic acids is 1. The molecule has 1 heterocycles. The van der Waals surface area contributed by atoms with Crippen molar-refractivity contribution in [2.45, 2.75) is 26.2 Å². The topological polar surface area (TPSA) is 43.4 Å². The molecule has 0 aliphatic carbocycles. The third kappa shape index (κ3) is 2.10. The lowest BCUT2D eigenvalue weighted by Gasteiger charge is -2.33. The molecule has 1 fully saturated rings. The normalized spacial score (nSPS) is 20.3. The van der Waals surface area contributed by atoms with Gasteiger partial charge in [0.25, 0.3) is 0 Å². The van der Waals surface area contributed by atoms with Crippen molar-refractivity contribution < 1.29 is 9.90 Å². The molecular weight excluding hydrogens is 142 g/mol. The fourth-order valence-electron chi connectivity index (χ4n) is 1.52. The lowest BCUT2D eigenvalue weighted by atomic mass is 9.95. The van der Waals surface area contributed by atoms with E-state index in [-0.39, 0.29) is 0 Å². The van der Waals surface area contributed by atoms with Crippen molar-refractivity contribution in [2.75, 3.05) is 13.1 Å². The van der Waals surface area contributed by atoms with Crippen LogP contribution >= 0.6 is 0 Å². The van der Waals surface area contributed by atoms with E-state index in [9.17, 15) is 9.90 Å². The Kier molecular flexibility index (Phi) is 2.74. The largest absolute Gasteiger partial charge is 0.530 e. The number of piperidine rings is 1. The van der Waals surface area contributed by atoms with E-state index < -0.39 is 6.09 Å². The molecule has 1 aliphatic rings. The number of nitrogens with zero attached hydrogens (tertiary/aromatic N) is 1. The molecule has 0 bridgehead atoms. The highest BCUT2D eigenvalue weighted by molar-refractivity contribution is 5.62. The minimum absolute atomic E-state index is 0.668. The van der Waals surface area contributed by atoms with Gasteiger partial charge in [0.05, 0.1) is 0 Å².